The highest BCUT2D eigenvalue weighted by Gasteiger charge is 2.17. The summed E-state index contributed by atoms with van der Waals surface area (Å²) in [6, 6.07) is 1.89. The van der Waals surface area contributed by atoms with Gasteiger partial charge in [0.2, 0.25) is 5.28 Å². The van der Waals surface area contributed by atoms with Gasteiger partial charge >= 0.3 is 5.69 Å². The zero-order valence-corrected chi connectivity index (χ0v) is 9.89. The van der Waals surface area contributed by atoms with E-state index in [1.807, 2.05) is 6.07 Å². The fourth-order valence-electron chi connectivity index (χ4n) is 1.63. The molecule has 2 aromatic heterocycles. The zero-order valence-electron chi connectivity index (χ0n) is 9.14. The van der Waals surface area contributed by atoms with E-state index in [9.17, 15) is 9.59 Å². The highest BCUT2D eigenvalue weighted by Crippen LogP contribution is 2.14. The summed E-state index contributed by atoms with van der Waals surface area (Å²) in [5, 5.41) is 8.69. The van der Waals surface area contributed by atoms with Crippen LogP contribution in [-0.2, 0) is 20.6 Å². The first-order valence-corrected chi connectivity index (χ1v) is 5.05. The Morgan fingerprint density at radius 2 is 2.00 bits per heavy atom. The highest BCUT2D eigenvalue weighted by molar-refractivity contribution is 6.29. The summed E-state index contributed by atoms with van der Waals surface area (Å²) >= 11 is 5.83. The minimum absolute atomic E-state index is 0.0138. The average Bonchev–Trinajstić information content (AvgIpc) is 2.62. The first kappa shape index (κ1) is 11.4. The van der Waals surface area contributed by atoms with Crippen LogP contribution >= 0.6 is 11.6 Å². The molecule has 0 amide bonds. The summed E-state index contributed by atoms with van der Waals surface area (Å²) in [5.74, 6) is 0. The lowest BCUT2D eigenvalue weighted by molar-refractivity contribution is 0.704. The third-order valence-corrected chi connectivity index (χ3v) is 2.82. The van der Waals surface area contributed by atoms with Gasteiger partial charge in [-0.15, -0.1) is 0 Å². The Balaban J connectivity index is 3.09. The van der Waals surface area contributed by atoms with Gasteiger partial charge in [0.1, 0.15) is 6.54 Å². The monoisotopic (exact) mass is 253 g/mol. The molecule has 0 aliphatic rings. The van der Waals surface area contributed by atoms with E-state index in [2.05, 4.69) is 4.98 Å². The smallest absolute Gasteiger partial charge is 0.295 e. The predicted octanol–water partition coefficient (Wildman–Crippen LogP) is -0.389. The molecule has 0 aromatic carbocycles. The number of hydrogen-bond acceptors (Lipinski definition) is 4. The summed E-state index contributed by atoms with van der Waals surface area (Å²) < 4.78 is 3.45. The number of halogens is 1. The lowest BCUT2D eigenvalue weighted by Crippen LogP contribution is -2.37. The van der Waals surface area contributed by atoms with Crippen molar-refractivity contribution in [2.75, 3.05) is 0 Å². The summed E-state index contributed by atoms with van der Waals surface area (Å²) in [7, 11) is 2.85. The fraction of sp³-hybridized carbons (Fsp3) is 0.333. The van der Waals surface area contributed by atoms with Crippen molar-refractivity contribution < 1.29 is 0 Å². The van der Waals surface area contributed by atoms with Gasteiger partial charge in [0, 0.05) is 14.1 Å². The van der Waals surface area contributed by atoms with Crippen LogP contribution in [0.5, 0.6) is 0 Å². The van der Waals surface area contributed by atoms with Crippen LogP contribution in [0.3, 0.4) is 0 Å². The summed E-state index contributed by atoms with van der Waals surface area (Å²) in [6.45, 7) is -0.0945. The average molecular weight is 254 g/mol. The molecule has 0 N–H and O–H groups in total. The van der Waals surface area contributed by atoms with Gasteiger partial charge in [-0.1, -0.05) is 0 Å². The van der Waals surface area contributed by atoms with Gasteiger partial charge in [0.25, 0.3) is 5.56 Å². The van der Waals surface area contributed by atoms with E-state index in [-0.39, 0.29) is 23.0 Å². The van der Waals surface area contributed by atoms with E-state index in [1.165, 1.54) is 23.2 Å². The van der Waals surface area contributed by atoms with Crippen LogP contribution in [0.2, 0.25) is 5.28 Å². The normalized spacial score (nSPS) is 10.7. The Hall–Kier alpha value is -2.07. The number of hydrogen-bond donors (Lipinski definition) is 0. The molecule has 0 radical (unpaired) electrons. The first-order valence-electron chi connectivity index (χ1n) is 4.67. The largest absolute Gasteiger partial charge is 0.332 e. The molecule has 7 nitrogen and oxygen atoms in total. The van der Waals surface area contributed by atoms with E-state index in [0.717, 1.165) is 4.57 Å². The molecular weight excluding hydrogens is 246 g/mol. The topological polar surface area (TPSA) is 85.6 Å². The zero-order chi connectivity index (χ0) is 12.7. The van der Waals surface area contributed by atoms with Crippen molar-refractivity contribution in [2.45, 2.75) is 6.54 Å². The Labute approximate surface area is 100 Å². The third kappa shape index (κ3) is 1.45. The van der Waals surface area contributed by atoms with E-state index in [1.54, 1.807) is 0 Å². The predicted molar refractivity (Wildman–Crippen MR) is 60.8 cm³/mol. The van der Waals surface area contributed by atoms with Gasteiger partial charge in [-0.3, -0.25) is 18.5 Å². The van der Waals surface area contributed by atoms with E-state index in [0.29, 0.717) is 0 Å². The molecule has 8 heteroatoms. The Kier molecular flexibility index (Phi) is 2.52. The second-order valence-electron chi connectivity index (χ2n) is 3.50. The molecule has 0 spiro atoms. The Morgan fingerprint density at radius 1 is 1.35 bits per heavy atom. The lowest BCUT2D eigenvalue weighted by Gasteiger charge is -2.03. The second kappa shape index (κ2) is 3.75. The van der Waals surface area contributed by atoms with Crippen molar-refractivity contribution in [2.24, 2.45) is 14.1 Å². The van der Waals surface area contributed by atoms with E-state index >= 15 is 0 Å². The minimum Gasteiger partial charge on any atom is -0.295 e. The number of fused-ring (bicyclic) bond motifs is 1. The van der Waals surface area contributed by atoms with Gasteiger partial charge in [0.15, 0.2) is 11.2 Å². The lowest BCUT2D eigenvalue weighted by atomic mass is 10.5. The first-order chi connectivity index (χ1) is 7.99. The maximum Gasteiger partial charge on any atom is 0.332 e. The summed E-state index contributed by atoms with van der Waals surface area (Å²) in [4.78, 5) is 27.5. The van der Waals surface area contributed by atoms with Crippen molar-refractivity contribution in [3.63, 3.8) is 0 Å². The van der Waals surface area contributed by atoms with Crippen molar-refractivity contribution in [3.8, 4) is 6.07 Å². The second-order valence-corrected chi connectivity index (χ2v) is 3.84. The molecule has 17 heavy (non-hydrogen) atoms. The molecular formula is C9H8ClN5O2. The summed E-state index contributed by atoms with van der Waals surface area (Å²) in [6.07, 6.45) is 0. The molecule has 0 bridgehead atoms. The Morgan fingerprint density at radius 3 is 2.59 bits per heavy atom. The molecule has 0 saturated carbocycles. The van der Waals surface area contributed by atoms with Gasteiger partial charge < -0.3 is 0 Å². The molecule has 2 rings (SSSR count). The molecule has 0 saturated heterocycles. The van der Waals surface area contributed by atoms with Crippen LogP contribution in [0.25, 0.3) is 11.2 Å². The van der Waals surface area contributed by atoms with Gasteiger partial charge in [-0.25, -0.2) is 4.79 Å². The standard InChI is InChI=1S/C9H8ClN5O2/c1-13-6-5(7(16)14(2)9(13)17)15(4-3-11)8(10)12-6/h4H2,1-2H3. The maximum absolute atomic E-state index is 11.9. The number of nitriles is 1. The molecule has 0 fully saturated rings. The molecule has 0 aliphatic carbocycles. The number of aromatic nitrogens is 4. The molecule has 0 unspecified atom stereocenters. The number of aryl methyl sites for hydroxylation is 1. The van der Waals surface area contributed by atoms with E-state index < -0.39 is 11.2 Å². The summed E-state index contributed by atoms with van der Waals surface area (Å²) in [5.41, 5.74) is -0.668. The van der Waals surface area contributed by atoms with Gasteiger partial charge in [-0.05, 0) is 11.6 Å². The molecule has 0 aliphatic heterocycles. The van der Waals surface area contributed by atoms with Gasteiger partial charge in [0.05, 0.1) is 6.07 Å². The highest BCUT2D eigenvalue weighted by atomic mass is 35.5. The van der Waals surface area contributed by atoms with E-state index in [4.69, 9.17) is 16.9 Å². The number of rotatable bonds is 1. The van der Waals surface area contributed by atoms with Crippen molar-refractivity contribution in [3.05, 3.63) is 26.1 Å². The van der Waals surface area contributed by atoms with Gasteiger partial charge in [-0.2, -0.15) is 10.2 Å². The molecule has 0 atom stereocenters. The van der Waals surface area contributed by atoms with Crippen LogP contribution in [0.4, 0.5) is 0 Å². The van der Waals surface area contributed by atoms with Crippen LogP contribution in [0.15, 0.2) is 9.59 Å². The maximum atomic E-state index is 11.9. The quantitative estimate of drug-likeness (QED) is 0.648. The van der Waals surface area contributed by atoms with Crippen LogP contribution < -0.4 is 11.2 Å². The molecule has 2 heterocycles. The van der Waals surface area contributed by atoms with Crippen LogP contribution in [0, 0.1) is 11.3 Å². The number of imidazole rings is 1. The van der Waals surface area contributed by atoms with Crippen LogP contribution in [-0.4, -0.2) is 18.7 Å². The molecule has 2 aromatic rings. The third-order valence-electron chi connectivity index (χ3n) is 2.53. The van der Waals surface area contributed by atoms with Crippen LogP contribution in [0.1, 0.15) is 0 Å². The fourth-order valence-corrected chi connectivity index (χ4v) is 1.86. The SMILES string of the molecule is Cn1c(=O)c2c(nc(Cl)n2CC#N)n(C)c1=O. The van der Waals surface area contributed by atoms with Crippen molar-refractivity contribution in [1.29, 1.82) is 5.26 Å². The number of nitrogens with zero attached hydrogens (tertiary/aromatic N) is 5. The molecule has 88 valence electrons. The van der Waals surface area contributed by atoms with Crippen molar-refractivity contribution >= 4 is 22.8 Å². The Bertz CT molecular complexity index is 761. The van der Waals surface area contributed by atoms with Crippen molar-refractivity contribution in [1.82, 2.24) is 18.7 Å². The minimum atomic E-state index is -0.516.